The van der Waals surface area contributed by atoms with Crippen molar-refractivity contribution in [2.75, 3.05) is 19.7 Å². The van der Waals surface area contributed by atoms with Gasteiger partial charge in [-0.15, -0.1) is 12.4 Å². The zero-order chi connectivity index (χ0) is 15.6. The number of rotatable bonds is 8. The van der Waals surface area contributed by atoms with E-state index in [1.54, 1.807) is 0 Å². The van der Waals surface area contributed by atoms with E-state index in [1.807, 2.05) is 6.92 Å². The first-order chi connectivity index (χ1) is 10.8. The number of benzene rings is 1. The SMILES string of the molecule is CCOCc1ccc(CNC(=O)CCC2CCNCC2)cc1.Cl. The molecule has 0 saturated carbocycles. The summed E-state index contributed by atoms with van der Waals surface area (Å²) in [4.78, 5) is 11.9. The predicted octanol–water partition coefficient (Wildman–Crippen LogP) is 3.04. The largest absolute Gasteiger partial charge is 0.377 e. The van der Waals surface area contributed by atoms with Crippen molar-refractivity contribution >= 4 is 18.3 Å². The molecule has 1 amide bonds. The lowest BCUT2D eigenvalue weighted by Gasteiger charge is -2.22. The van der Waals surface area contributed by atoms with E-state index in [-0.39, 0.29) is 18.3 Å². The van der Waals surface area contributed by atoms with Crippen LogP contribution in [0.2, 0.25) is 0 Å². The molecule has 2 rings (SSSR count). The maximum absolute atomic E-state index is 11.9. The van der Waals surface area contributed by atoms with Crippen LogP contribution in [0.1, 0.15) is 43.7 Å². The highest BCUT2D eigenvalue weighted by Crippen LogP contribution is 2.17. The molecule has 0 aromatic heterocycles. The minimum absolute atomic E-state index is 0. The molecule has 0 radical (unpaired) electrons. The van der Waals surface area contributed by atoms with Gasteiger partial charge >= 0.3 is 0 Å². The summed E-state index contributed by atoms with van der Waals surface area (Å²) in [6.07, 6.45) is 4.07. The summed E-state index contributed by atoms with van der Waals surface area (Å²) in [5.41, 5.74) is 2.30. The second-order valence-electron chi connectivity index (χ2n) is 5.96. The smallest absolute Gasteiger partial charge is 0.220 e. The van der Waals surface area contributed by atoms with Crippen molar-refractivity contribution in [2.24, 2.45) is 5.92 Å². The molecule has 0 bridgehead atoms. The minimum Gasteiger partial charge on any atom is -0.377 e. The summed E-state index contributed by atoms with van der Waals surface area (Å²) in [6.45, 7) is 6.18. The van der Waals surface area contributed by atoms with E-state index in [0.29, 0.717) is 25.5 Å². The normalized spacial score (nSPS) is 15.0. The van der Waals surface area contributed by atoms with Crippen molar-refractivity contribution < 1.29 is 9.53 Å². The Morgan fingerprint density at radius 1 is 1.22 bits per heavy atom. The summed E-state index contributed by atoms with van der Waals surface area (Å²) >= 11 is 0. The Bertz CT molecular complexity index is 445. The number of carbonyl (C=O) groups is 1. The molecule has 1 fully saturated rings. The second kappa shape index (κ2) is 11.4. The van der Waals surface area contributed by atoms with Gasteiger partial charge in [-0.3, -0.25) is 4.79 Å². The van der Waals surface area contributed by atoms with Gasteiger partial charge in [0.2, 0.25) is 5.91 Å². The number of hydrogen-bond donors (Lipinski definition) is 2. The lowest BCUT2D eigenvalue weighted by molar-refractivity contribution is -0.121. The molecule has 0 spiro atoms. The van der Waals surface area contributed by atoms with Crippen LogP contribution >= 0.6 is 12.4 Å². The Labute approximate surface area is 145 Å². The monoisotopic (exact) mass is 340 g/mol. The highest BCUT2D eigenvalue weighted by atomic mass is 35.5. The Hall–Kier alpha value is -1.10. The Morgan fingerprint density at radius 3 is 2.52 bits per heavy atom. The standard InChI is InChI=1S/C18H28N2O2.ClH/c1-2-22-14-17-5-3-16(4-6-17)13-20-18(21)8-7-15-9-11-19-12-10-15;/h3-6,15,19H,2,7-14H2,1H3,(H,20,21);1H. The van der Waals surface area contributed by atoms with Gasteiger partial charge in [0.15, 0.2) is 0 Å². The van der Waals surface area contributed by atoms with Crippen molar-refractivity contribution in [2.45, 2.75) is 45.8 Å². The topological polar surface area (TPSA) is 50.4 Å². The van der Waals surface area contributed by atoms with Crippen molar-refractivity contribution in [3.8, 4) is 0 Å². The maximum atomic E-state index is 11.9. The van der Waals surface area contributed by atoms with E-state index < -0.39 is 0 Å². The number of piperidine rings is 1. The van der Waals surface area contributed by atoms with Crippen LogP contribution < -0.4 is 10.6 Å². The van der Waals surface area contributed by atoms with Gasteiger partial charge in [0, 0.05) is 19.6 Å². The van der Waals surface area contributed by atoms with Crippen molar-refractivity contribution in [3.63, 3.8) is 0 Å². The third-order valence-corrected chi connectivity index (χ3v) is 4.22. The molecule has 0 unspecified atom stereocenters. The molecule has 1 aromatic carbocycles. The van der Waals surface area contributed by atoms with Gasteiger partial charge in [0.1, 0.15) is 0 Å². The molecule has 1 saturated heterocycles. The van der Waals surface area contributed by atoms with Crippen LogP contribution in [-0.2, 0) is 22.7 Å². The molecular formula is C18H29ClN2O2. The first-order valence-electron chi connectivity index (χ1n) is 8.41. The van der Waals surface area contributed by atoms with Crippen LogP contribution in [-0.4, -0.2) is 25.6 Å². The summed E-state index contributed by atoms with van der Waals surface area (Å²) in [5, 5.41) is 6.37. The molecule has 1 heterocycles. The van der Waals surface area contributed by atoms with Crippen LogP contribution in [0.3, 0.4) is 0 Å². The summed E-state index contributed by atoms with van der Waals surface area (Å²) in [7, 11) is 0. The van der Waals surface area contributed by atoms with Crippen LogP contribution in [0.4, 0.5) is 0 Å². The van der Waals surface area contributed by atoms with E-state index in [9.17, 15) is 4.79 Å². The molecular weight excluding hydrogens is 312 g/mol. The average molecular weight is 341 g/mol. The number of ether oxygens (including phenoxy) is 1. The van der Waals surface area contributed by atoms with Crippen LogP contribution in [0.25, 0.3) is 0 Å². The summed E-state index contributed by atoms with van der Waals surface area (Å²) in [6, 6.07) is 8.24. The first-order valence-corrected chi connectivity index (χ1v) is 8.41. The maximum Gasteiger partial charge on any atom is 0.220 e. The summed E-state index contributed by atoms with van der Waals surface area (Å²) in [5.74, 6) is 0.877. The molecule has 1 aromatic rings. The van der Waals surface area contributed by atoms with Gasteiger partial charge in [-0.2, -0.15) is 0 Å². The molecule has 0 aliphatic carbocycles. The zero-order valence-corrected chi connectivity index (χ0v) is 14.8. The van der Waals surface area contributed by atoms with Crippen molar-refractivity contribution in [3.05, 3.63) is 35.4 Å². The molecule has 0 atom stereocenters. The summed E-state index contributed by atoms with van der Waals surface area (Å²) < 4.78 is 5.37. The third-order valence-electron chi connectivity index (χ3n) is 4.22. The third kappa shape index (κ3) is 7.82. The first kappa shape index (κ1) is 19.9. The molecule has 1 aliphatic heterocycles. The van der Waals surface area contributed by atoms with E-state index in [1.165, 1.54) is 18.4 Å². The molecule has 2 N–H and O–H groups in total. The highest BCUT2D eigenvalue weighted by Gasteiger charge is 2.14. The molecule has 130 valence electrons. The van der Waals surface area contributed by atoms with Gasteiger partial charge in [-0.25, -0.2) is 0 Å². The van der Waals surface area contributed by atoms with Gasteiger partial charge in [-0.05, 0) is 56.3 Å². The molecule has 4 nitrogen and oxygen atoms in total. The fraction of sp³-hybridized carbons (Fsp3) is 0.611. The van der Waals surface area contributed by atoms with Gasteiger partial charge in [-0.1, -0.05) is 24.3 Å². The zero-order valence-electron chi connectivity index (χ0n) is 14.0. The van der Waals surface area contributed by atoms with Crippen LogP contribution in [0, 0.1) is 5.92 Å². The van der Waals surface area contributed by atoms with Crippen LogP contribution in [0.5, 0.6) is 0 Å². The number of hydrogen-bond acceptors (Lipinski definition) is 3. The highest BCUT2D eigenvalue weighted by molar-refractivity contribution is 5.85. The van der Waals surface area contributed by atoms with E-state index in [0.717, 1.165) is 31.7 Å². The predicted molar refractivity (Wildman–Crippen MR) is 95.7 cm³/mol. The fourth-order valence-electron chi connectivity index (χ4n) is 2.77. The van der Waals surface area contributed by atoms with E-state index in [4.69, 9.17) is 4.74 Å². The lowest BCUT2D eigenvalue weighted by Crippen LogP contribution is -2.29. The van der Waals surface area contributed by atoms with E-state index >= 15 is 0 Å². The van der Waals surface area contributed by atoms with E-state index in [2.05, 4.69) is 34.9 Å². The Kier molecular flexibility index (Phi) is 9.92. The van der Waals surface area contributed by atoms with Crippen molar-refractivity contribution in [1.82, 2.24) is 10.6 Å². The van der Waals surface area contributed by atoms with Gasteiger partial charge in [0.25, 0.3) is 0 Å². The molecule has 1 aliphatic rings. The van der Waals surface area contributed by atoms with Crippen LogP contribution in [0.15, 0.2) is 24.3 Å². The Balaban J connectivity index is 0.00000264. The molecule has 5 heteroatoms. The lowest BCUT2D eigenvalue weighted by atomic mass is 9.93. The van der Waals surface area contributed by atoms with Gasteiger partial charge in [0.05, 0.1) is 6.61 Å². The second-order valence-corrected chi connectivity index (χ2v) is 5.96. The Morgan fingerprint density at radius 2 is 1.87 bits per heavy atom. The number of halogens is 1. The van der Waals surface area contributed by atoms with Crippen molar-refractivity contribution in [1.29, 1.82) is 0 Å². The number of nitrogens with one attached hydrogen (secondary N) is 2. The van der Waals surface area contributed by atoms with Gasteiger partial charge < -0.3 is 15.4 Å². The minimum atomic E-state index is 0. The average Bonchev–Trinajstić information content (AvgIpc) is 2.58. The molecule has 23 heavy (non-hydrogen) atoms. The number of amides is 1. The fourth-order valence-corrected chi connectivity index (χ4v) is 2.77. The quantitative estimate of drug-likeness (QED) is 0.764. The number of carbonyl (C=O) groups excluding carboxylic acids is 1.